The van der Waals surface area contributed by atoms with Crippen molar-refractivity contribution in [1.29, 1.82) is 0 Å². The van der Waals surface area contributed by atoms with Crippen LogP contribution in [0.15, 0.2) is 53.5 Å². The molecule has 1 fully saturated rings. The fourth-order valence-electron chi connectivity index (χ4n) is 3.95. The molecule has 0 unspecified atom stereocenters. The maximum absolute atomic E-state index is 5.67. The summed E-state index contributed by atoms with van der Waals surface area (Å²) in [5.41, 5.74) is 3.91. The van der Waals surface area contributed by atoms with Crippen LogP contribution in [-0.4, -0.2) is 51.8 Å². The van der Waals surface area contributed by atoms with Crippen molar-refractivity contribution < 1.29 is 9.47 Å². The predicted molar refractivity (Wildman–Crippen MR) is 134 cm³/mol. The second kappa shape index (κ2) is 11.6. The Morgan fingerprint density at radius 2 is 1.73 bits per heavy atom. The quantitative estimate of drug-likeness (QED) is 0.347. The average molecular weight is 523 g/mol. The fraction of sp³-hybridized carbons (Fsp3) is 0.458. The van der Waals surface area contributed by atoms with Crippen LogP contribution in [0.25, 0.3) is 0 Å². The van der Waals surface area contributed by atoms with Gasteiger partial charge in [-0.2, -0.15) is 0 Å². The number of aryl methyl sites for hydroxylation is 1. The molecule has 1 heterocycles. The maximum atomic E-state index is 5.67. The topological polar surface area (TPSA) is 46.1 Å². The molecular formula is C24H34IN3O2. The first kappa shape index (κ1) is 24.5. The lowest BCUT2D eigenvalue weighted by Gasteiger charge is -2.39. The highest BCUT2D eigenvalue weighted by molar-refractivity contribution is 14.0. The van der Waals surface area contributed by atoms with Crippen LogP contribution >= 0.6 is 24.0 Å². The van der Waals surface area contributed by atoms with Crippen molar-refractivity contribution in [2.45, 2.75) is 31.7 Å². The number of hydrogen-bond acceptors (Lipinski definition) is 3. The lowest BCUT2D eigenvalue weighted by Crippen LogP contribution is -2.48. The molecule has 30 heavy (non-hydrogen) atoms. The van der Waals surface area contributed by atoms with Crippen molar-refractivity contribution in [3.63, 3.8) is 0 Å². The van der Waals surface area contributed by atoms with Crippen LogP contribution in [0.4, 0.5) is 0 Å². The van der Waals surface area contributed by atoms with Gasteiger partial charge >= 0.3 is 0 Å². The summed E-state index contributed by atoms with van der Waals surface area (Å²) < 4.78 is 11.0. The van der Waals surface area contributed by atoms with Crippen molar-refractivity contribution in [2.24, 2.45) is 4.99 Å². The Morgan fingerprint density at radius 3 is 2.30 bits per heavy atom. The summed E-state index contributed by atoms with van der Waals surface area (Å²) in [6.45, 7) is 5.32. The Morgan fingerprint density at radius 1 is 1.10 bits per heavy atom. The normalized spacial score (nSPS) is 15.8. The number of nitrogens with one attached hydrogen (secondary N) is 1. The minimum absolute atomic E-state index is 0. The fourth-order valence-corrected chi connectivity index (χ4v) is 3.95. The molecule has 0 aromatic heterocycles. The van der Waals surface area contributed by atoms with Gasteiger partial charge in [0.2, 0.25) is 0 Å². The predicted octanol–water partition coefficient (Wildman–Crippen LogP) is 4.38. The number of ether oxygens (including phenoxy) is 2. The smallest absolute Gasteiger partial charge is 0.193 e. The highest BCUT2D eigenvalue weighted by atomic mass is 127. The van der Waals surface area contributed by atoms with E-state index in [-0.39, 0.29) is 29.4 Å². The number of guanidine groups is 1. The zero-order valence-corrected chi connectivity index (χ0v) is 20.8. The van der Waals surface area contributed by atoms with E-state index in [0.717, 1.165) is 50.9 Å². The van der Waals surface area contributed by atoms with Crippen LogP contribution in [-0.2, 0) is 16.7 Å². The summed E-state index contributed by atoms with van der Waals surface area (Å²) in [6, 6.07) is 17.1. The van der Waals surface area contributed by atoms with Crippen LogP contribution in [0.5, 0.6) is 5.75 Å². The molecule has 0 radical (unpaired) electrons. The molecule has 0 atom stereocenters. The summed E-state index contributed by atoms with van der Waals surface area (Å²) >= 11 is 0. The number of nitrogens with zero attached hydrogens (tertiary/aromatic N) is 2. The third-order valence-corrected chi connectivity index (χ3v) is 5.85. The van der Waals surface area contributed by atoms with Gasteiger partial charge in [0.25, 0.3) is 0 Å². The van der Waals surface area contributed by atoms with E-state index in [9.17, 15) is 0 Å². The second-order valence-corrected chi connectivity index (χ2v) is 7.86. The Hall–Kier alpha value is -1.80. The van der Waals surface area contributed by atoms with Crippen LogP contribution in [0, 0.1) is 6.92 Å². The van der Waals surface area contributed by atoms with Crippen LogP contribution in [0.2, 0.25) is 0 Å². The van der Waals surface area contributed by atoms with Gasteiger partial charge in [0.1, 0.15) is 5.75 Å². The van der Waals surface area contributed by atoms with E-state index in [4.69, 9.17) is 9.47 Å². The van der Waals surface area contributed by atoms with Gasteiger partial charge in [-0.05, 0) is 43.0 Å². The first-order valence-electron chi connectivity index (χ1n) is 10.3. The standard InChI is InChI=1S/C24H33N3O2.HI/c1-19-5-7-20(8-6-19)17-27(3)23(25-2)26-18-24(13-15-29-16-14-24)21-9-11-22(28-4)12-10-21;/h5-12H,13-18H2,1-4H3,(H,25,26);1H. The van der Waals surface area contributed by atoms with Gasteiger partial charge in [0.15, 0.2) is 5.96 Å². The second-order valence-electron chi connectivity index (χ2n) is 7.86. The zero-order valence-electron chi connectivity index (χ0n) is 18.5. The van der Waals surface area contributed by atoms with E-state index in [1.165, 1.54) is 16.7 Å². The third kappa shape index (κ3) is 6.11. The number of benzene rings is 2. The summed E-state index contributed by atoms with van der Waals surface area (Å²) in [5.74, 6) is 1.79. The molecule has 2 aromatic carbocycles. The lowest BCUT2D eigenvalue weighted by molar-refractivity contribution is 0.0512. The Balaban J connectivity index is 0.00000320. The molecule has 1 aliphatic rings. The SMILES string of the molecule is CN=C(NCC1(c2ccc(OC)cc2)CCOCC1)N(C)Cc1ccc(C)cc1.I. The molecule has 3 rings (SSSR count). The van der Waals surface area contributed by atoms with Gasteiger partial charge in [-0.15, -0.1) is 24.0 Å². The number of rotatable bonds is 6. The molecule has 6 heteroatoms. The monoisotopic (exact) mass is 523 g/mol. The molecular weight excluding hydrogens is 489 g/mol. The first-order valence-corrected chi connectivity index (χ1v) is 10.3. The molecule has 2 aromatic rings. The van der Waals surface area contributed by atoms with Crippen LogP contribution in [0.3, 0.4) is 0 Å². The van der Waals surface area contributed by atoms with Gasteiger partial charge in [0, 0.05) is 45.8 Å². The van der Waals surface area contributed by atoms with Gasteiger partial charge in [-0.25, -0.2) is 0 Å². The molecule has 1 saturated heterocycles. The summed E-state index contributed by atoms with van der Waals surface area (Å²) in [5, 5.41) is 3.63. The van der Waals surface area contributed by atoms with Gasteiger partial charge < -0.3 is 19.7 Å². The molecule has 1 N–H and O–H groups in total. The van der Waals surface area contributed by atoms with Crippen molar-refractivity contribution >= 4 is 29.9 Å². The molecule has 1 aliphatic heterocycles. The van der Waals surface area contributed by atoms with Gasteiger partial charge in [-0.1, -0.05) is 42.0 Å². The molecule has 5 nitrogen and oxygen atoms in total. The van der Waals surface area contributed by atoms with Crippen LogP contribution in [0.1, 0.15) is 29.5 Å². The minimum Gasteiger partial charge on any atom is -0.497 e. The molecule has 0 bridgehead atoms. The number of halogens is 1. The Labute approximate surface area is 197 Å². The maximum Gasteiger partial charge on any atom is 0.193 e. The molecule has 164 valence electrons. The summed E-state index contributed by atoms with van der Waals surface area (Å²) in [7, 11) is 5.63. The average Bonchev–Trinajstić information content (AvgIpc) is 2.76. The van der Waals surface area contributed by atoms with E-state index in [1.807, 2.05) is 19.2 Å². The molecule has 0 spiro atoms. The Kier molecular flexibility index (Phi) is 9.42. The highest BCUT2D eigenvalue weighted by Gasteiger charge is 2.34. The van der Waals surface area contributed by atoms with Gasteiger partial charge in [0.05, 0.1) is 7.11 Å². The van der Waals surface area contributed by atoms with Crippen LogP contribution < -0.4 is 10.1 Å². The van der Waals surface area contributed by atoms with Crippen molar-refractivity contribution in [3.05, 3.63) is 65.2 Å². The number of hydrogen-bond donors (Lipinski definition) is 1. The van der Waals surface area contributed by atoms with Crippen molar-refractivity contribution in [1.82, 2.24) is 10.2 Å². The molecule has 0 amide bonds. The zero-order chi connectivity index (χ0) is 20.7. The molecule has 0 aliphatic carbocycles. The van der Waals surface area contributed by atoms with E-state index >= 15 is 0 Å². The lowest BCUT2D eigenvalue weighted by atomic mass is 9.74. The van der Waals surface area contributed by atoms with E-state index in [0.29, 0.717) is 0 Å². The molecule has 0 saturated carbocycles. The summed E-state index contributed by atoms with van der Waals surface area (Å²) in [6.07, 6.45) is 1.98. The minimum atomic E-state index is 0. The largest absolute Gasteiger partial charge is 0.497 e. The Bertz CT molecular complexity index is 800. The van der Waals surface area contributed by atoms with Crippen molar-refractivity contribution in [3.8, 4) is 5.75 Å². The van der Waals surface area contributed by atoms with E-state index in [1.54, 1.807) is 7.11 Å². The highest BCUT2D eigenvalue weighted by Crippen LogP contribution is 2.35. The number of aliphatic imine (C=N–C) groups is 1. The number of methoxy groups -OCH3 is 1. The van der Waals surface area contributed by atoms with E-state index < -0.39 is 0 Å². The van der Waals surface area contributed by atoms with E-state index in [2.05, 4.69) is 65.6 Å². The summed E-state index contributed by atoms with van der Waals surface area (Å²) in [4.78, 5) is 6.69. The first-order chi connectivity index (χ1) is 14.1. The third-order valence-electron chi connectivity index (χ3n) is 5.85. The van der Waals surface area contributed by atoms with Gasteiger partial charge in [-0.3, -0.25) is 4.99 Å². The van der Waals surface area contributed by atoms with Crippen molar-refractivity contribution in [2.75, 3.05) is 41.0 Å².